The minimum absolute atomic E-state index is 0.00543. The molecule has 0 bridgehead atoms. The average molecular weight is 460 g/mol. The second-order valence-electron chi connectivity index (χ2n) is 7.06. The monoisotopic (exact) mass is 460 g/mol. The van der Waals surface area contributed by atoms with Gasteiger partial charge in [-0.25, -0.2) is 4.79 Å². The van der Waals surface area contributed by atoms with Crippen molar-refractivity contribution in [3.8, 4) is 17.2 Å². The lowest BCUT2D eigenvalue weighted by Gasteiger charge is -2.32. The van der Waals surface area contributed by atoms with Crippen LogP contribution >= 0.6 is 0 Å². The minimum Gasteiger partial charge on any atom is -0.491 e. The molecule has 1 fully saturated rings. The zero-order valence-electron chi connectivity index (χ0n) is 18.0. The summed E-state index contributed by atoms with van der Waals surface area (Å²) in [5, 5.41) is 10.4. The number of hydrogen-bond donors (Lipinski definition) is 1. The molecule has 4 rings (SSSR count). The van der Waals surface area contributed by atoms with Crippen LogP contribution in [0.3, 0.4) is 0 Å². The zero-order chi connectivity index (χ0) is 23.0. The number of rotatable bonds is 9. The molecule has 1 N–H and O–H groups in total. The van der Waals surface area contributed by atoms with E-state index in [-0.39, 0.29) is 44.3 Å². The molecule has 1 atom stereocenters. The van der Waals surface area contributed by atoms with Gasteiger partial charge in [-0.05, 0) is 25.1 Å². The molecule has 2 aliphatic rings. The van der Waals surface area contributed by atoms with Crippen molar-refractivity contribution in [1.82, 2.24) is 15.1 Å². The molecule has 12 heteroatoms. The highest BCUT2D eigenvalue weighted by Gasteiger charge is 2.29. The molecule has 1 aromatic heterocycles. The van der Waals surface area contributed by atoms with E-state index >= 15 is 0 Å². The molecular weight excluding hydrogens is 436 g/mol. The van der Waals surface area contributed by atoms with Gasteiger partial charge in [0.2, 0.25) is 13.4 Å². The third-order valence-corrected chi connectivity index (χ3v) is 4.81. The molecular formula is C21H24N4O8. The lowest BCUT2D eigenvalue weighted by molar-refractivity contribution is -0.148. The van der Waals surface area contributed by atoms with Gasteiger partial charge in [0.05, 0.1) is 25.5 Å². The largest absolute Gasteiger partial charge is 0.491 e. The summed E-state index contributed by atoms with van der Waals surface area (Å²) in [6.07, 6.45) is 1.14. The fourth-order valence-corrected chi connectivity index (χ4v) is 3.25. The maximum atomic E-state index is 13.2. The second-order valence-corrected chi connectivity index (χ2v) is 7.06. The van der Waals surface area contributed by atoms with Gasteiger partial charge in [-0.15, -0.1) is 0 Å². The molecule has 3 heterocycles. The first-order chi connectivity index (χ1) is 16.1. The molecule has 1 saturated heterocycles. The maximum absolute atomic E-state index is 13.2. The van der Waals surface area contributed by atoms with Crippen molar-refractivity contribution in [1.29, 1.82) is 0 Å². The van der Waals surface area contributed by atoms with Crippen molar-refractivity contribution in [2.75, 3.05) is 46.3 Å². The quantitative estimate of drug-likeness (QED) is 0.326. The van der Waals surface area contributed by atoms with Gasteiger partial charge in [0.25, 0.3) is 5.91 Å². The summed E-state index contributed by atoms with van der Waals surface area (Å²) in [5.41, 5.74) is 0.359. The van der Waals surface area contributed by atoms with Crippen LogP contribution in [0.2, 0.25) is 0 Å². The van der Waals surface area contributed by atoms with Crippen molar-refractivity contribution in [2.24, 2.45) is 5.16 Å². The molecule has 1 aromatic carbocycles. The van der Waals surface area contributed by atoms with Gasteiger partial charge in [0, 0.05) is 18.8 Å². The second kappa shape index (κ2) is 10.7. The van der Waals surface area contributed by atoms with E-state index in [0.29, 0.717) is 36.1 Å². The van der Waals surface area contributed by atoms with Crippen LogP contribution in [0.1, 0.15) is 12.6 Å². The van der Waals surface area contributed by atoms with Crippen LogP contribution in [-0.2, 0) is 23.9 Å². The minimum atomic E-state index is -0.579. The van der Waals surface area contributed by atoms with Crippen LogP contribution in [0.5, 0.6) is 17.2 Å². The van der Waals surface area contributed by atoms with E-state index in [1.54, 1.807) is 36.1 Å². The predicted octanol–water partition coefficient (Wildman–Crippen LogP) is 0.729. The SMILES string of the molecule is CCOC(=O)CO/N=C(/C(=O)N1CCOC(COc2ccc3c(c2)OCO3)C1)c1ccn[nH]1. The Bertz CT molecular complexity index is 994. The maximum Gasteiger partial charge on any atom is 0.347 e. The summed E-state index contributed by atoms with van der Waals surface area (Å²) < 4.78 is 27.0. The van der Waals surface area contributed by atoms with E-state index < -0.39 is 12.6 Å². The van der Waals surface area contributed by atoms with E-state index in [1.165, 1.54) is 6.20 Å². The number of amides is 1. The van der Waals surface area contributed by atoms with Crippen LogP contribution < -0.4 is 14.2 Å². The molecule has 1 unspecified atom stereocenters. The Morgan fingerprint density at radius 1 is 1.27 bits per heavy atom. The third-order valence-electron chi connectivity index (χ3n) is 4.81. The van der Waals surface area contributed by atoms with E-state index in [0.717, 1.165) is 0 Å². The van der Waals surface area contributed by atoms with E-state index in [9.17, 15) is 9.59 Å². The molecule has 176 valence electrons. The Hall–Kier alpha value is -3.80. The number of carbonyl (C=O) groups excluding carboxylic acids is 2. The lowest BCUT2D eigenvalue weighted by atomic mass is 10.2. The lowest BCUT2D eigenvalue weighted by Crippen LogP contribution is -2.50. The highest BCUT2D eigenvalue weighted by atomic mass is 16.7. The molecule has 2 aliphatic heterocycles. The summed E-state index contributed by atoms with van der Waals surface area (Å²) >= 11 is 0. The number of morpholine rings is 1. The van der Waals surface area contributed by atoms with Gasteiger partial charge in [-0.3, -0.25) is 9.89 Å². The molecule has 0 radical (unpaired) electrons. The number of benzene rings is 1. The van der Waals surface area contributed by atoms with Crippen LogP contribution in [0, 0.1) is 0 Å². The van der Waals surface area contributed by atoms with E-state index in [1.807, 2.05) is 0 Å². The summed E-state index contributed by atoms with van der Waals surface area (Å²) in [6, 6.07) is 6.89. The number of H-pyrrole nitrogens is 1. The Morgan fingerprint density at radius 3 is 2.97 bits per heavy atom. The first kappa shape index (κ1) is 22.4. The Kier molecular flexibility index (Phi) is 7.25. The van der Waals surface area contributed by atoms with E-state index in [4.69, 9.17) is 28.5 Å². The van der Waals surface area contributed by atoms with Crippen LogP contribution in [0.4, 0.5) is 0 Å². The topological polar surface area (TPSA) is 134 Å². The van der Waals surface area contributed by atoms with Gasteiger partial charge in [-0.1, -0.05) is 5.16 Å². The van der Waals surface area contributed by atoms with Crippen LogP contribution in [0.25, 0.3) is 0 Å². The number of ether oxygens (including phenoxy) is 5. The van der Waals surface area contributed by atoms with Crippen LogP contribution in [-0.4, -0.2) is 85.1 Å². The third kappa shape index (κ3) is 5.71. The van der Waals surface area contributed by atoms with Crippen LogP contribution in [0.15, 0.2) is 35.6 Å². The fraction of sp³-hybridized carbons (Fsp3) is 0.429. The predicted molar refractivity (Wildman–Crippen MR) is 112 cm³/mol. The standard InChI is InChI=1S/C21H24N4O8/c1-2-28-19(26)12-33-24-20(16-5-6-22-23-16)21(27)25-7-8-29-15(10-25)11-30-14-3-4-17-18(9-14)32-13-31-17/h3-6,9,15H,2,7-8,10-13H2,1H3,(H,22,23)/b24-20+. The molecule has 12 nitrogen and oxygen atoms in total. The first-order valence-corrected chi connectivity index (χ1v) is 10.4. The number of hydrogen-bond acceptors (Lipinski definition) is 10. The summed E-state index contributed by atoms with van der Waals surface area (Å²) in [4.78, 5) is 31.3. The number of esters is 1. The van der Waals surface area contributed by atoms with Gasteiger partial charge in [0.1, 0.15) is 18.5 Å². The molecule has 0 saturated carbocycles. The number of aromatic nitrogens is 2. The molecule has 1 amide bonds. The molecule has 2 aromatic rings. The highest BCUT2D eigenvalue weighted by molar-refractivity contribution is 6.44. The number of oxime groups is 1. The number of fused-ring (bicyclic) bond motifs is 1. The van der Waals surface area contributed by atoms with Gasteiger partial charge in [0.15, 0.2) is 17.2 Å². The molecule has 0 spiro atoms. The Labute approximate surface area is 189 Å². The number of aromatic amines is 1. The Morgan fingerprint density at radius 2 is 2.15 bits per heavy atom. The van der Waals surface area contributed by atoms with Crippen molar-refractivity contribution < 1.29 is 38.1 Å². The van der Waals surface area contributed by atoms with Gasteiger partial charge in [-0.2, -0.15) is 5.10 Å². The Balaban J connectivity index is 1.36. The smallest absolute Gasteiger partial charge is 0.347 e. The number of nitrogens with zero attached hydrogens (tertiary/aromatic N) is 3. The normalized spacial score (nSPS) is 17.5. The van der Waals surface area contributed by atoms with Gasteiger partial charge < -0.3 is 33.4 Å². The van der Waals surface area contributed by atoms with E-state index in [2.05, 4.69) is 15.4 Å². The first-order valence-electron chi connectivity index (χ1n) is 10.4. The number of nitrogens with one attached hydrogen (secondary N) is 1. The molecule has 0 aliphatic carbocycles. The highest BCUT2D eigenvalue weighted by Crippen LogP contribution is 2.35. The van der Waals surface area contributed by atoms with Crippen molar-refractivity contribution in [3.63, 3.8) is 0 Å². The zero-order valence-corrected chi connectivity index (χ0v) is 18.0. The van der Waals surface area contributed by atoms with Gasteiger partial charge >= 0.3 is 5.97 Å². The van der Waals surface area contributed by atoms with Crippen molar-refractivity contribution in [3.05, 3.63) is 36.2 Å². The van der Waals surface area contributed by atoms with Crippen molar-refractivity contribution in [2.45, 2.75) is 13.0 Å². The van der Waals surface area contributed by atoms with Crippen molar-refractivity contribution >= 4 is 17.6 Å². The summed E-state index contributed by atoms with van der Waals surface area (Å²) in [6.45, 7) is 2.91. The fourth-order valence-electron chi connectivity index (χ4n) is 3.25. The number of carbonyl (C=O) groups is 2. The average Bonchev–Trinajstić information content (AvgIpc) is 3.52. The summed E-state index contributed by atoms with van der Waals surface area (Å²) in [7, 11) is 0. The summed E-state index contributed by atoms with van der Waals surface area (Å²) in [5.74, 6) is 0.934. The molecule has 33 heavy (non-hydrogen) atoms.